The van der Waals surface area contributed by atoms with Gasteiger partial charge in [0.2, 0.25) is 6.61 Å². The van der Waals surface area contributed by atoms with E-state index in [1.807, 2.05) is 24.3 Å². The van der Waals surface area contributed by atoms with Gasteiger partial charge in [0.05, 0.1) is 19.9 Å². The highest BCUT2D eigenvalue weighted by atomic mass is 127. The van der Waals surface area contributed by atoms with Crippen LogP contribution in [0.2, 0.25) is 0 Å². The van der Waals surface area contributed by atoms with Crippen LogP contribution in [-0.2, 0) is 14.4 Å². The topological polar surface area (TPSA) is 57.1 Å². The van der Waals surface area contributed by atoms with Gasteiger partial charge in [-0.2, -0.15) is 0 Å². The van der Waals surface area contributed by atoms with Crippen molar-refractivity contribution in [2.24, 2.45) is 10.6 Å². The summed E-state index contributed by atoms with van der Waals surface area (Å²) in [7, 11) is 2.95. The van der Waals surface area contributed by atoms with Gasteiger partial charge in [-0.15, -0.1) is 0 Å². The lowest BCUT2D eigenvalue weighted by Gasteiger charge is -2.26. The molecule has 0 N–H and O–H groups in total. The molecule has 0 heterocycles. The van der Waals surface area contributed by atoms with Crippen LogP contribution in [0.1, 0.15) is 12.5 Å². The number of esters is 1. The van der Waals surface area contributed by atoms with E-state index in [0.29, 0.717) is 0 Å². The molecular weight excluding hydrogens is 512 g/mol. The summed E-state index contributed by atoms with van der Waals surface area (Å²) in [4.78, 5) is 16.4. The quantitative estimate of drug-likeness (QED) is 0.170. The zero-order valence-corrected chi connectivity index (χ0v) is 17.1. The van der Waals surface area contributed by atoms with Crippen molar-refractivity contribution >= 4 is 56.9 Å². The van der Waals surface area contributed by atoms with E-state index in [9.17, 15) is 4.79 Å². The maximum atomic E-state index is 11.2. The molecule has 0 bridgehead atoms. The number of oxime groups is 1. The van der Waals surface area contributed by atoms with Crippen molar-refractivity contribution in [2.75, 3.05) is 29.7 Å². The normalized spacial score (nSPS) is 12.0. The molecule has 0 radical (unpaired) electrons. The third-order valence-corrected chi connectivity index (χ3v) is 6.46. The van der Waals surface area contributed by atoms with E-state index < -0.39 is 5.97 Å². The Morgan fingerprint density at radius 3 is 2.23 bits per heavy atom. The van der Waals surface area contributed by atoms with E-state index >= 15 is 0 Å². The number of nitrogens with zero attached hydrogens (tertiary/aromatic N) is 1. The highest BCUT2D eigenvalue weighted by Crippen LogP contribution is 2.29. The number of rotatable bonds is 8. The molecule has 0 aliphatic carbocycles. The summed E-state index contributed by atoms with van der Waals surface area (Å²) in [5, 5.41) is 4.22. The zero-order chi connectivity index (χ0) is 16.6. The minimum Gasteiger partial charge on any atom is -0.497 e. The zero-order valence-electron chi connectivity index (χ0n) is 12.8. The predicted octanol–water partition coefficient (Wildman–Crippen LogP) is 3.47. The van der Waals surface area contributed by atoms with Crippen LogP contribution in [0, 0.1) is 5.41 Å². The molecule has 0 aliphatic rings. The Bertz CT molecular complexity index is 513. The van der Waals surface area contributed by atoms with Gasteiger partial charge in [0.1, 0.15) is 5.75 Å². The number of hydrogen-bond acceptors (Lipinski definition) is 5. The summed E-state index contributed by atoms with van der Waals surface area (Å²) >= 11 is 4.67. The van der Waals surface area contributed by atoms with E-state index in [4.69, 9.17) is 9.57 Å². The van der Waals surface area contributed by atoms with Crippen LogP contribution in [-0.4, -0.2) is 41.4 Å². The summed E-state index contributed by atoms with van der Waals surface area (Å²) in [5.41, 5.74) is 1.59. The Labute approximate surface area is 158 Å². The monoisotopic (exact) mass is 531 g/mol. The van der Waals surface area contributed by atoms with Crippen LogP contribution in [0.4, 0.5) is 0 Å². The van der Waals surface area contributed by atoms with E-state index in [2.05, 4.69) is 62.0 Å². The van der Waals surface area contributed by atoms with Gasteiger partial charge >= 0.3 is 5.97 Å². The Hall–Kier alpha value is -0.580. The third kappa shape index (κ3) is 5.25. The fourth-order valence-electron chi connectivity index (χ4n) is 1.63. The number of carbonyl (C=O) groups is 1. The average molecular weight is 531 g/mol. The Morgan fingerprint density at radius 1 is 1.18 bits per heavy atom. The van der Waals surface area contributed by atoms with Crippen molar-refractivity contribution in [2.45, 2.75) is 6.92 Å². The number of hydrogen-bond donors (Lipinski definition) is 0. The molecule has 1 rings (SSSR count). The maximum Gasteiger partial charge on any atom is 0.346 e. The maximum absolute atomic E-state index is 11.2. The molecule has 0 fully saturated rings. The van der Waals surface area contributed by atoms with Crippen LogP contribution in [0.3, 0.4) is 0 Å². The van der Waals surface area contributed by atoms with Crippen molar-refractivity contribution in [3.63, 3.8) is 0 Å². The number of halogens is 2. The molecule has 0 amide bonds. The fraction of sp³-hybridized carbons (Fsp3) is 0.467. The van der Waals surface area contributed by atoms with Crippen LogP contribution in [0.25, 0.3) is 0 Å². The summed E-state index contributed by atoms with van der Waals surface area (Å²) in [6.45, 7) is 1.92. The van der Waals surface area contributed by atoms with Crippen molar-refractivity contribution in [1.82, 2.24) is 0 Å². The molecule has 0 atom stereocenters. The largest absolute Gasteiger partial charge is 0.497 e. The van der Waals surface area contributed by atoms with Gasteiger partial charge < -0.3 is 14.3 Å². The second-order valence-corrected chi connectivity index (χ2v) is 6.37. The summed E-state index contributed by atoms with van der Waals surface area (Å²) in [5.74, 6) is 0.327. The molecule has 0 unspecified atom stereocenters. The Balaban J connectivity index is 3.09. The van der Waals surface area contributed by atoms with Gasteiger partial charge in [-0.3, -0.25) is 0 Å². The van der Waals surface area contributed by atoms with E-state index in [1.54, 1.807) is 7.11 Å². The first-order valence-electron chi connectivity index (χ1n) is 6.54. The van der Waals surface area contributed by atoms with Crippen LogP contribution in [0.15, 0.2) is 29.4 Å². The summed E-state index contributed by atoms with van der Waals surface area (Å²) in [6.07, 6.45) is 0. The number of benzene rings is 1. The number of methoxy groups -OCH3 is 2. The third-order valence-electron chi connectivity index (χ3n) is 3.09. The highest BCUT2D eigenvalue weighted by molar-refractivity contribution is 14.1. The second kappa shape index (κ2) is 9.53. The first kappa shape index (κ1) is 19.5. The summed E-state index contributed by atoms with van der Waals surface area (Å²) < 4.78 is 11.5. The lowest BCUT2D eigenvalue weighted by molar-refractivity contribution is -0.145. The molecule has 0 spiro atoms. The van der Waals surface area contributed by atoms with E-state index in [-0.39, 0.29) is 12.0 Å². The molecule has 122 valence electrons. The van der Waals surface area contributed by atoms with E-state index in [1.165, 1.54) is 7.11 Å². The molecule has 5 nitrogen and oxygen atoms in total. The standard InChI is InChI=1S/C15H19I2NO4/c1-15(9-16,10-17)14(18-22-8-13(19)21-3)11-4-6-12(20-2)7-5-11/h4-7H,8-10H2,1-3H3/b18-14+. The summed E-state index contributed by atoms with van der Waals surface area (Å²) in [6, 6.07) is 7.64. The molecule has 0 aliphatic heterocycles. The minimum absolute atomic E-state index is 0.161. The molecule has 1 aromatic rings. The predicted molar refractivity (Wildman–Crippen MR) is 103 cm³/mol. The lowest BCUT2D eigenvalue weighted by atomic mass is 9.85. The molecular formula is C15H19I2NO4. The van der Waals surface area contributed by atoms with Crippen molar-refractivity contribution in [1.29, 1.82) is 0 Å². The van der Waals surface area contributed by atoms with Crippen LogP contribution >= 0.6 is 45.2 Å². The van der Waals surface area contributed by atoms with Gasteiger partial charge in [0, 0.05) is 19.8 Å². The van der Waals surface area contributed by atoms with Gasteiger partial charge in [-0.1, -0.05) is 57.3 Å². The van der Waals surface area contributed by atoms with Crippen molar-refractivity contribution in [3.8, 4) is 5.75 Å². The molecule has 0 saturated carbocycles. The smallest absolute Gasteiger partial charge is 0.346 e. The van der Waals surface area contributed by atoms with Gasteiger partial charge in [0.25, 0.3) is 0 Å². The second-order valence-electron chi connectivity index (χ2n) is 4.85. The molecule has 7 heteroatoms. The Morgan fingerprint density at radius 2 is 1.77 bits per heavy atom. The van der Waals surface area contributed by atoms with Crippen molar-refractivity contribution in [3.05, 3.63) is 29.8 Å². The van der Waals surface area contributed by atoms with Gasteiger partial charge in [0.15, 0.2) is 0 Å². The van der Waals surface area contributed by atoms with Gasteiger partial charge in [-0.25, -0.2) is 4.79 Å². The number of ether oxygens (including phenoxy) is 2. The molecule has 0 aromatic heterocycles. The first-order chi connectivity index (χ1) is 10.5. The van der Waals surface area contributed by atoms with Crippen molar-refractivity contribution < 1.29 is 19.1 Å². The number of carbonyl (C=O) groups excluding carboxylic acids is 1. The SMILES string of the molecule is COC(=O)CO/N=C(\c1ccc(OC)cc1)C(C)(CI)CI. The van der Waals surface area contributed by atoms with Gasteiger partial charge in [-0.05, 0) is 24.3 Å². The molecule has 0 saturated heterocycles. The lowest BCUT2D eigenvalue weighted by Crippen LogP contribution is -2.32. The van der Waals surface area contributed by atoms with Crippen LogP contribution < -0.4 is 4.74 Å². The number of alkyl halides is 2. The first-order valence-corrected chi connectivity index (χ1v) is 9.59. The Kier molecular flexibility index (Phi) is 8.44. The highest BCUT2D eigenvalue weighted by Gasteiger charge is 2.30. The van der Waals surface area contributed by atoms with Crippen LogP contribution in [0.5, 0.6) is 5.75 Å². The minimum atomic E-state index is -0.455. The average Bonchev–Trinajstić information content (AvgIpc) is 2.58. The fourth-order valence-corrected chi connectivity index (χ4v) is 3.92. The van der Waals surface area contributed by atoms with E-state index in [0.717, 1.165) is 25.9 Å². The molecule has 22 heavy (non-hydrogen) atoms. The molecule has 1 aromatic carbocycles.